The molecule has 2 aliphatic heterocycles. The topological polar surface area (TPSA) is 3.24 Å². The molecule has 0 N–H and O–H groups in total. The Labute approximate surface area is 57.5 Å². The van der Waals surface area contributed by atoms with Crippen molar-refractivity contribution in [2.24, 2.45) is 0 Å². The van der Waals surface area contributed by atoms with E-state index in [0.717, 1.165) is 12.0 Å². The molecule has 0 spiro atoms. The average Bonchev–Trinajstić information content (AvgIpc) is 2.38. The second kappa shape index (κ2) is 1.54. The number of nitrogens with zero attached hydrogens (tertiary/aromatic N) is 1. The van der Waals surface area contributed by atoms with Gasteiger partial charge in [-0.1, -0.05) is 19.6 Å². The van der Waals surface area contributed by atoms with Gasteiger partial charge < -0.3 is 4.90 Å². The summed E-state index contributed by atoms with van der Waals surface area (Å²) in [6, 6.07) is 0. The molecule has 9 heavy (non-hydrogen) atoms. The lowest BCUT2D eigenvalue weighted by atomic mass is 9.57. The highest BCUT2D eigenvalue weighted by molar-refractivity contribution is 6.74. The van der Waals surface area contributed by atoms with E-state index in [4.69, 9.17) is 0 Å². The quantitative estimate of drug-likeness (QED) is 0.437. The molecule has 50 valence electrons. The molecular formula is C7H14BN. The van der Waals surface area contributed by atoms with Gasteiger partial charge in [0, 0.05) is 0 Å². The second-order valence-corrected chi connectivity index (χ2v) is 4.08. The summed E-state index contributed by atoms with van der Waals surface area (Å²) in [7, 11) is 2.24. The Balaban J connectivity index is 2.03. The van der Waals surface area contributed by atoms with Crippen LogP contribution < -0.4 is 0 Å². The SMILES string of the molecule is CN1CCB2CC2(C)C1. The van der Waals surface area contributed by atoms with E-state index in [0.29, 0.717) is 0 Å². The molecule has 2 heterocycles. The maximum absolute atomic E-state index is 2.46. The maximum atomic E-state index is 2.46. The number of hydrogen-bond donors (Lipinski definition) is 0. The van der Waals surface area contributed by atoms with E-state index >= 15 is 0 Å². The zero-order chi connectivity index (χ0) is 6.48. The summed E-state index contributed by atoms with van der Waals surface area (Å²) in [6.45, 7) is 6.19. The van der Waals surface area contributed by atoms with E-state index < -0.39 is 0 Å². The summed E-state index contributed by atoms with van der Waals surface area (Å²) in [5.74, 6) is 0. The summed E-state index contributed by atoms with van der Waals surface area (Å²) in [5, 5.41) is 0.743. The first-order valence-corrected chi connectivity index (χ1v) is 3.89. The maximum Gasteiger partial charge on any atom is 0.148 e. The molecule has 1 unspecified atom stereocenters. The first-order chi connectivity index (χ1) is 4.21. The van der Waals surface area contributed by atoms with Crippen LogP contribution in [0.2, 0.25) is 18.0 Å². The molecule has 1 nitrogen and oxygen atoms in total. The molecule has 0 aliphatic carbocycles. The van der Waals surface area contributed by atoms with Gasteiger partial charge in [-0.2, -0.15) is 0 Å². The Hall–Kier alpha value is 0.0249. The predicted octanol–water partition coefficient (Wildman–Crippen LogP) is 1.20. The molecule has 1 atom stereocenters. The van der Waals surface area contributed by atoms with Crippen LogP contribution in [0.1, 0.15) is 6.92 Å². The minimum absolute atomic E-state index is 0.743. The van der Waals surface area contributed by atoms with Crippen LogP contribution in [0.3, 0.4) is 0 Å². The monoisotopic (exact) mass is 123 g/mol. The Morgan fingerprint density at radius 3 is 2.89 bits per heavy atom. The Bertz CT molecular complexity index is 137. The molecule has 2 rings (SSSR count). The number of fused-ring (bicyclic) bond motifs is 1. The van der Waals surface area contributed by atoms with Gasteiger partial charge >= 0.3 is 0 Å². The van der Waals surface area contributed by atoms with Gasteiger partial charge in [0.2, 0.25) is 0 Å². The van der Waals surface area contributed by atoms with Crippen LogP contribution >= 0.6 is 0 Å². The van der Waals surface area contributed by atoms with Crippen molar-refractivity contribution in [1.82, 2.24) is 4.90 Å². The molecule has 2 saturated heterocycles. The number of hydrogen-bond acceptors (Lipinski definition) is 1. The van der Waals surface area contributed by atoms with Gasteiger partial charge in [-0.15, -0.1) is 0 Å². The Kier molecular flexibility index (Phi) is 0.991. The molecule has 0 aromatic carbocycles. The average molecular weight is 123 g/mol. The molecule has 0 aromatic rings. The van der Waals surface area contributed by atoms with Gasteiger partial charge in [0.15, 0.2) is 0 Å². The van der Waals surface area contributed by atoms with Crippen LogP contribution in [0.15, 0.2) is 0 Å². The van der Waals surface area contributed by atoms with Crippen molar-refractivity contribution >= 4 is 6.71 Å². The Morgan fingerprint density at radius 1 is 1.56 bits per heavy atom. The minimum atomic E-state index is 0.743. The van der Waals surface area contributed by atoms with Gasteiger partial charge in [0.25, 0.3) is 0 Å². The lowest BCUT2D eigenvalue weighted by Crippen LogP contribution is -2.31. The van der Waals surface area contributed by atoms with Crippen molar-refractivity contribution in [2.75, 3.05) is 20.1 Å². The van der Waals surface area contributed by atoms with E-state index in [9.17, 15) is 0 Å². The fourth-order valence-corrected chi connectivity index (χ4v) is 2.22. The standard InChI is InChI=1S/C7H14BN/c1-7-5-8(7)3-4-9(2)6-7/h3-6H2,1-2H3. The highest BCUT2D eigenvalue weighted by Crippen LogP contribution is 2.57. The molecular weight excluding hydrogens is 109 g/mol. The van der Waals surface area contributed by atoms with Crippen LogP contribution in [0.5, 0.6) is 0 Å². The fraction of sp³-hybridized carbons (Fsp3) is 1.00. The summed E-state index contributed by atoms with van der Waals surface area (Å²) in [4.78, 5) is 2.46. The molecule has 2 aliphatic rings. The summed E-state index contributed by atoms with van der Waals surface area (Å²) >= 11 is 0. The highest BCUT2D eigenvalue weighted by atomic mass is 15.1. The summed E-state index contributed by atoms with van der Waals surface area (Å²) < 4.78 is 0. The Morgan fingerprint density at radius 2 is 2.33 bits per heavy atom. The molecule has 0 radical (unpaired) electrons. The lowest BCUT2D eigenvalue weighted by Gasteiger charge is -2.26. The fourth-order valence-electron chi connectivity index (χ4n) is 2.22. The van der Waals surface area contributed by atoms with Crippen LogP contribution in [0.4, 0.5) is 0 Å². The van der Waals surface area contributed by atoms with Gasteiger partial charge in [0.05, 0.1) is 0 Å². The van der Waals surface area contributed by atoms with E-state index in [1.165, 1.54) is 25.7 Å². The third kappa shape index (κ3) is 0.805. The van der Waals surface area contributed by atoms with Crippen LogP contribution in [-0.2, 0) is 0 Å². The van der Waals surface area contributed by atoms with Crippen molar-refractivity contribution in [2.45, 2.75) is 24.9 Å². The minimum Gasteiger partial charge on any atom is -0.307 e. The van der Waals surface area contributed by atoms with E-state index in [1.807, 2.05) is 0 Å². The van der Waals surface area contributed by atoms with Crippen molar-refractivity contribution in [3.8, 4) is 0 Å². The van der Waals surface area contributed by atoms with Crippen molar-refractivity contribution in [3.63, 3.8) is 0 Å². The third-order valence-corrected chi connectivity index (χ3v) is 3.03. The van der Waals surface area contributed by atoms with Crippen LogP contribution in [0.25, 0.3) is 0 Å². The molecule has 2 fully saturated rings. The van der Waals surface area contributed by atoms with Gasteiger partial charge in [-0.25, -0.2) is 0 Å². The molecule has 2 heteroatoms. The van der Waals surface area contributed by atoms with Gasteiger partial charge in [-0.05, 0) is 25.5 Å². The van der Waals surface area contributed by atoms with Crippen LogP contribution in [0, 0.1) is 0 Å². The molecule has 0 saturated carbocycles. The largest absolute Gasteiger partial charge is 0.307 e. The van der Waals surface area contributed by atoms with Crippen molar-refractivity contribution in [1.29, 1.82) is 0 Å². The van der Waals surface area contributed by atoms with E-state index in [1.54, 1.807) is 0 Å². The predicted molar refractivity (Wildman–Crippen MR) is 41.2 cm³/mol. The van der Waals surface area contributed by atoms with Gasteiger partial charge in [-0.3, -0.25) is 0 Å². The number of rotatable bonds is 0. The van der Waals surface area contributed by atoms with Crippen LogP contribution in [-0.4, -0.2) is 31.7 Å². The normalized spacial score (nSPS) is 42.7. The second-order valence-electron chi connectivity index (χ2n) is 4.08. The first-order valence-electron chi connectivity index (χ1n) is 3.89. The summed E-state index contributed by atoms with van der Waals surface area (Å²) in [6.07, 6.45) is 2.95. The molecule has 0 bridgehead atoms. The first kappa shape index (κ1) is 5.78. The van der Waals surface area contributed by atoms with Crippen molar-refractivity contribution in [3.05, 3.63) is 0 Å². The van der Waals surface area contributed by atoms with Crippen molar-refractivity contribution < 1.29 is 0 Å². The van der Waals surface area contributed by atoms with E-state index in [-0.39, 0.29) is 0 Å². The molecule has 0 amide bonds. The van der Waals surface area contributed by atoms with E-state index in [2.05, 4.69) is 18.9 Å². The lowest BCUT2D eigenvalue weighted by molar-refractivity contribution is 0.321. The third-order valence-electron chi connectivity index (χ3n) is 3.03. The highest BCUT2D eigenvalue weighted by Gasteiger charge is 2.54. The zero-order valence-electron chi connectivity index (χ0n) is 6.35. The molecule has 0 aromatic heterocycles. The van der Waals surface area contributed by atoms with Gasteiger partial charge in [0.1, 0.15) is 6.71 Å². The summed E-state index contributed by atoms with van der Waals surface area (Å²) in [5.41, 5.74) is 0. The smallest absolute Gasteiger partial charge is 0.148 e. The zero-order valence-corrected chi connectivity index (χ0v) is 6.35.